The van der Waals surface area contributed by atoms with E-state index < -0.39 is 0 Å². The SMILES string of the molecule is Cc1ccc(-c2nc(Cl)c(C)[nH]2)cc1. The van der Waals surface area contributed by atoms with E-state index in [1.54, 1.807) is 0 Å². The molecule has 0 saturated carbocycles. The van der Waals surface area contributed by atoms with Crippen LogP contribution in [0, 0.1) is 13.8 Å². The fourth-order valence-electron chi connectivity index (χ4n) is 1.29. The van der Waals surface area contributed by atoms with E-state index in [-0.39, 0.29) is 0 Å². The second-order valence-electron chi connectivity index (χ2n) is 3.37. The summed E-state index contributed by atoms with van der Waals surface area (Å²) < 4.78 is 0. The summed E-state index contributed by atoms with van der Waals surface area (Å²) in [6.45, 7) is 3.97. The number of aryl methyl sites for hydroxylation is 2. The predicted molar refractivity (Wildman–Crippen MR) is 58.5 cm³/mol. The second-order valence-corrected chi connectivity index (χ2v) is 3.73. The largest absolute Gasteiger partial charge is 0.341 e. The van der Waals surface area contributed by atoms with Crippen molar-refractivity contribution in [3.05, 3.63) is 40.7 Å². The molecule has 1 aromatic carbocycles. The van der Waals surface area contributed by atoms with Gasteiger partial charge in [0.2, 0.25) is 0 Å². The maximum Gasteiger partial charge on any atom is 0.150 e. The van der Waals surface area contributed by atoms with Gasteiger partial charge in [-0.2, -0.15) is 0 Å². The molecule has 2 aromatic rings. The van der Waals surface area contributed by atoms with Crippen molar-refractivity contribution < 1.29 is 0 Å². The van der Waals surface area contributed by atoms with Gasteiger partial charge in [0.1, 0.15) is 11.0 Å². The summed E-state index contributed by atoms with van der Waals surface area (Å²) in [5, 5.41) is 0.542. The molecule has 0 spiro atoms. The third-order valence-corrected chi connectivity index (χ3v) is 2.52. The number of rotatable bonds is 1. The highest BCUT2D eigenvalue weighted by Crippen LogP contribution is 2.20. The first-order valence-electron chi connectivity index (χ1n) is 4.46. The van der Waals surface area contributed by atoms with Gasteiger partial charge in [-0.1, -0.05) is 41.4 Å². The standard InChI is InChI=1S/C11H11ClN2/c1-7-3-5-9(6-4-7)11-13-8(2)10(12)14-11/h3-6H,1-2H3,(H,13,14). The Morgan fingerprint density at radius 1 is 1.14 bits per heavy atom. The van der Waals surface area contributed by atoms with E-state index in [9.17, 15) is 0 Å². The lowest BCUT2D eigenvalue weighted by molar-refractivity contribution is 1.25. The Morgan fingerprint density at radius 2 is 1.79 bits per heavy atom. The maximum atomic E-state index is 5.87. The van der Waals surface area contributed by atoms with Gasteiger partial charge in [0, 0.05) is 5.56 Å². The van der Waals surface area contributed by atoms with Crippen molar-refractivity contribution in [2.45, 2.75) is 13.8 Å². The molecule has 0 bridgehead atoms. The fraction of sp³-hybridized carbons (Fsp3) is 0.182. The molecule has 0 aliphatic heterocycles. The minimum absolute atomic E-state index is 0.542. The highest BCUT2D eigenvalue weighted by molar-refractivity contribution is 6.30. The third-order valence-electron chi connectivity index (χ3n) is 2.15. The van der Waals surface area contributed by atoms with Crippen LogP contribution in [0.2, 0.25) is 5.15 Å². The quantitative estimate of drug-likeness (QED) is 0.762. The zero-order chi connectivity index (χ0) is 10.1. The van der Waals surface area contributed by atoms with Crippen LogP contribution in [0.3, 0.4) is 0 Å². The van der Waals surface area contributed by atoms with Crippen molar-refractivity contribution in [3.8, 4) is 11.4 Å². The third kappa shape index (κ3) is 1.66. The van der Waals surface area contributed by atoms with Crippen LogP contribution >= 0.6 is 11.6 Å². The molecule has 72 valence electrons. The van der Waals surface area contributed by atoms with E-state index in [4.69, 9.17) is 11.6 Å². The van der Waals surface area contributed by atoms with Gasteiger partial charge in [-0.05, 0) is 13.8 Å². The zero-order valence-electron chi connectivity index (χ0n) is 8.13. The van der Waals surface area contributed by atoms with Crippen LogP contribution in [-0.4, -0.2) is 9.97 Å². The first-order chi connectivity index (χ1) is 6.66. The summed E-state index contributed by atoms with van der Waals surface area (Å²) in [6, 6.07) is 8.18. The average Bonchev–Trinajstić information content (AvgIpc) is 2.48. The molecular weight excluding hydrogens is 196 g/mol. The Bertz CT molecular complexity index is 423. The van der Waals surface area contributed by atoms with Crippen molar-refractivity contribution >= 4 is 11.6 Å². The van der Waals surface area contributed by atoms with Crippen LogP contribution in [0.15, 0.2) is 24.3 Å². The Hall–Kier alpha value is -1.28. The van der Waals surface area contributed by atoms with E-state index in [0.717, 1.165) is 17.1 Å². The molecule has 0 unspecified atom stereocenters. The molecule has 0 amide bonds. The summed E-state index contributed by atoms with van der Waals surface area (Å²) in [4.78, 5) is 7.36. The van der Waals surface area contributed by atoms with Crippen LogP contribution in [0.5, 0.6) is 0 Å². The second kappa shape index (κ2) is 3.46. The van der Waals surface area contributed by atoms with E-state index >= 15 is 0 Å². The van der Waals surface area contributed by atoms with Crippen molar-refractivity contribution in [1.29, 1.82) is 0 Å². The first-order valence-corrected chi connectivity index (χ1v) is 4.84. The molecule has 2 nitrogen and oxygen atoms in total. The topological polar surface area (TPSA) is 28.7 Å². The predicted octanol–water partition coefficient (Wildman–Crippen LogP) is 3.35. The average molecular weight is 207 g/mol. The summed E-state index contributed by atoms with van der Waals surface area (Å²) in [7, 11) is 0. The van der Waals surface area contributed by atoms with Gasteiger partial charge in [0.15, 0.2) is 0 Å². The summed E-state index contributed by atoms with van der Waals surface area (Å²) in [5.41, 5.74) is 3.20. The monoisotopic (exact) mass is 206 g/mol. The first kappa shape index (κ1) is 9.28. The number of nitrogens with one attached hydrogen (secondary N) is 1. The zero-order valence-corrected chi connectivity index (χ0v) is 8.89. The minimum atomic E-state index is 0.542. The molecule has 3 heteroatoms. The molecule has 1 N–H and O–H groups in total. The lowest BCUT2D eigenvalue weighted by atomic mass is 10.1. The summed E-state index contributed by atoms with van der Waals surface area (Å²) in [6.07, 6.45) is 0. The Kier molecular flexibility index (Phi) is 2.30. The number of hydrogen-bond donors (Lipinski definition) is 1. The smallest absolute Gasteiger partial charge is 0.150 e. The Morgan fingerprint density at radius 3 is 2.29 bits per heavy atom. The normalized spacial score (nSPS) is 10.5. The number of aromatic amines is 1. The van der Waals surface area contributed by atoms with Crippen molar-refractivity contribution in [2.24, 2.45) is 0 Å². The van der Waals surface area contributed by atoms with Crippen LogP contribution in [0.1, 0.15) is 11.3 Å². The van der Waals surface area contributed by atoms with Crippen LogP contribution in [0.25, 0.3) is 11.4 Å². The van der Waals surface area contributed by atoms with Crippen molar-refractivity contribution in [3.63, 3.8) is 0 Å². The molecule has 2 rings (SSSR count). The van der Waals surface area contributed by atoms with Gasteiger partial charge in [-0.15, -0.1) is 0 Å². The number of halogens is 1. The van der Waals surface area contributed by atoms with E-state index in [0.29, 0.717) is 5.15 Å². The van der Waals surface area contributed by atoms with Gasteiger partial charge < -0.3 is 4.98 Å². The van der Waals surface area contributed by atoms with Gasteiger partial charge >= 0.3 is 0 Å². The van der Waals surface area contributed by atoms with E-state index in [2.05, 4.69) is 29.0 Å². The summed E-state index contributed by atoms with van der Waals surface area (Å²) in [5.74, 6) is 0.826. The van der Waals surface area contributed by atoms with Crippen LogP contribution in [0.4, 0.5) is 0 Å². The number of nitrogens with zero attached hydrogens (tertiary/aromatic N) is 1. The number of hydrogen-bond acceptors (Lipinski definition) is 1. The molecule has 1 aromatic heterocycles. The van der Waals surface area contributed by atoms with Gasteiger partial charge in [0.25, 0.3) is 0 Å². The Labute approximate surface area is 88.0 Å². The number of H-pyrrole nitrogens is 1. The van der Waals surface area contributed by atoms with Gasteiger partial charge in [0.05, 0.1) is 5.69 Å². The van der Waals surface area contributed by atoms with Crippen LogP contribution < -0.4 is 0 Å². The lowest BCUT2D eigenvalue weighted by Gasteiger charge is -1.96. The molecule has 0 radical (unpaired) electrons. The van der Waals surface area contributed by atoms with Gasteiger partial charge in [-0.25, -0.2) is 4.98 Å². The molecular formula is C11H11ClN2. The van der Waals surface area contributed by atoms with E-state index in [1.165, 1.54) is 5.56 Å². The molecule has 1 heterocycles. The molecule has 0 saturated heterocycles. The van der Waals surface area contributed by atoms with Gasteiger partial charge in [-0.3, -0.25) is 0 Å². The highest BCUT2D eigenvalue weighted by Gasteiger charge is 2.05. The summed E-state index contributed by atoms with van der Waals surface area (Å²) >= 11 is 5.87. The fourth-order valence-corrected chi connectivity index (χ4v) is 1.42. The number of benzene rings is 1. The van der Waals surface area contributed by atoms with E-state index in [1.807, 2.05) is 19.1 Å². The molecule has 0 aliphatic rings. The molecule has 0 fully saturated rings. The number of imidazole rings is 1. The molecule has 0 aliphatic carbocycles. The minimum Gasteiger partial charge on any atom is -0.341 e. The molecule has 0 atom stereocenters. The van der Waals surface area contributed by atoms with Crippen LogP contribution in [-0.2, 0) is 0 Å². The highest BCUT2D eigenvalue weighted by atomic mass is 35.5. The maximum absolute atomic E-state index is 5.87. The number of aromatic nitrogens is 2. The Balaban J connectivity index is 2.44. The molecule has 14 heavy (non-hydrogen) atoms. The van der Waals surface area contributed by atoms with Crippen molar-refractivity contribution in [1.82, 2.24) is 9.97 Å². The van der Waals surface area contributed by atoms with Crippen molar-refractivity contribution in [2.75, 3.05) is 0 Å². The lowest BCUT2D eigenvalue weighted by Crippen LogP contribution is -1.80.